The van der Waals surface area contributed by atoms with Crippen molar-refractivity contribution >= 4 is 17.5 Å². The number of rotatable bonds is 23. The van der Waals surface area contributed by atoms with Crippen molar-refractivity contribution in [1.29, 1.82) is 0 Å². The Morgan fingerprint density at radius 1 is 0.625 bits per heavy atom. The van der Waals surface area contributed by atoms with Crippen LogP contribution in [-0.4, -0.2) is 68.0 Å². The van der Waals surface area contributed by atoms with Crippen molar-refractivity contribution in [2.75, 3.05) is 39.6 Å². The fourth-order valence-electron chi connectivity index (χ4n) is 6.10. The summed E-state index contributed by atoms with van der Waals surface area (Å²) >= 11 is 0. The van der Waals surface area contributed by atoms with Crippen LogP contribution < -0.4 is 4.74 Å². The first kappa shape index (κ1) is 43.6. The van der Waals surface area contributed by atoms with Crippen molar-refractivity contribution < 1.29 is 51.9 Å². The lowest BCUT2D eigenvalue weighted by Gasteiger charge is -2.17. The van der Waals surface area contributed by atoms with Crippen LogP contribution >= 0.6 is 0 Å². The molecular weight excluding hydrogens is 725 g/mol. The highest BCUT2D eigenvalue weighted by Crippen LogP contribution is 2.30. The molecule has 3 aromatic carbocycles. The summed E-state index contributed by atoms with van der Waals surface area (Å²) in [5, 5.41) is 17.9. The molecule has 0 atom stereocenters. The third-order valence-corrected chi connectivity index (χ3v) is 9.32. The van der Waals surface area contributed by atoms with E-state index in [0.29, 0.717) is 12.2 Å². The summed E-state index contributed by atoms with van der Waals surface area (Å²) in [7, 11) is 0. The van der Waals surface area contributed by atoms with Gasteiger partial charge in [-0.3, -0.25) is 0 Å². The van der Waals surface area contributed by atoms with Crippen molar-refractivity contribution in [2.24, 2.45) is 0 Å². The summed E-state index contributed by atoms with van der Waals surface area (Å²) in [5.41, 5.74) is 7.96. The fraction of sp³-hybridized carbons (Fsp3) is 0.378. The van der Waals surface area contributed by atoms with Crippen LogP contribution in [0.5, 0.6) is 5.75 Å². The highest BCUT2D eigenvalue weighted by atomic mass is 19.4. The van der Waals surface area contributed by atoms with Gasteiger partial charge in [-0.1, -0.05) is 86.7 Å². The number of aryl methyl sites for hydroxylation is 3. The van der Waals surface area contributed by atoms with E-state index >= 15 is 0 Å². The van der Waals surface area contributed by atoms with E-state index in [4.69, 9.17) is 29.2 Å². The number of unbranched alkanes of at least 4 members (excludes halogenated alkanes) is 3. The molecule has 300 valence electrons. The van der Waals surface area contributed by atoms with E-state index in [1.165, 1.54) is 22.3 Å². The number of ether oxygens (including phenoxy) is 4. The lowest BCUT2D eigenvalue weighted by molar-refractivity contribution is -0.141. The number of aliphatic hydroxyl groups excluding tert-OH is 2. The van der Waals surface area contributed by atoms with Gasteiger partial charge in [-0.2, -0.15) is 13.2 Å². The highest BCUT2D eigenvalue weighted by Gasteiger charge is 2.25. The summed E-state index contributed by atoms with van der Waals surface area (Å²) in [6.45, 7) is 6.42. The van der Waals surface area contributed by atoms with Gasteiger partial charge in [0.25, 0.3) is 0 Å². The normalized spacial score (nSPS) is 12.7. The zero-order valence-corrected chi connectivity index (χ0v) is 31.7. The SMILES string of the molecule is C=C(CO)C(=O)OCCOC1=CC=C(c2ccc(CCc3ccc(-c4ccc(OCCOC(=O)C(=C)CO)cc4)cc3CCCCCCC(F)(F)F)cc2)CC1. The van der Waals surface area contributed by atoms with Gasteiger partial charge in [0.1, 0.15) is 32.2 Å². The van der Waals surface area contributed by atoms with Gasteiger partial charge in [-0.25, -0.2) is 9.59 Å². The maximum atomic E-state index is 12.6. The molecule has 4 rings (SSSR count). The monoisotopic (exact) mass is 776 g/mol. The molecule has 0 saturated carbocycles. The molecule has 1 aliphatic rings. The maximum Gasteiger partial charge on any atom is 0.389 e. The summed E-state index contributed by atoms with van der Waals surface area (Å²) in [4.78, 5) is 23.2. The van der Waals surface area contributed by atoms with E-state index in [9.17, 15) is 22.8 Å². The van der Waals surface area contributed by atoms with Gasteiger partial charge < -0.3 is 29.2 Å². The van der Waals surface area contributed by atoms with Gasteiger partial charge in [0.05, 0.1) is 30.1 Å². The summed E-state index contributed by atoms with van der Waals surface area (Å²) in [6.07, 6.45) is 5.30. The second-order valence-corrected chi connectivity index (χ2v) is 13.6. The quantitative estimate of drug-likeness (QED) is 0.0559. The van der Waals surface area contributed by atoms with Gasteiger partial charge in [-0.05, 0) is 95.7 Å². The first-order valence-electron chi connectivity index (χ1n) is 18.9. The van der Waals surface area contributed by atoms with Gasteiger partial charge in [-0.15, -0.1) is 0 Å². The number of halogens is 3. The molecule has 1 aliphatic carbocycles. The van der Waals surface area contributed by atoms with Crippen LogP contribution in [0.15, 0.2) is 109 Å². The predicted molar refractivity (Wildman–Crippen MR) is 210 cm³/mol. The van der Waals surface area contributed by atoms with Gasteiger partial charge in [0.15, 0.2) is 0 Å². The first-order chi connectivity index (χ1) is 27.0. The molecule has 0 saturated heterocycles. The Balaban J connectivity index is 1.34. The second kappa shape index (κ2) is 22.4. The molecule has 0 amide bonds. The minimum absolute atomic E-state index is 0.00462. The summed E-state index contributed by atoms with van der Waals surface area (Å²) in [5.74, 6) is 0.129. The van der Waals surface area contributed by atoms with Crippen LogP contribution in [0, 0.1) is 0 Å². The molecule has 3 aromatic rings. The van der Waals surface area contributed by atoms with Crippen molar-refractivity contribution in [3.05, 3.63) is 131 Å². The molecule has 11 heteroatoms. The molecule has 0 heterocycles. The molecule has 0 unspecified atom stereocenters. The minimum Gasteiger partial charge on any atom is -0.494 e. The number of allylic oxidation sites excluding steroid dienone is 4. The largest absolute Gasteiger partial charge is 0.494 e. The molecule has 2 N–H and O–H groups in total. The predicted octanol–water partition coefficient (Wildman–Crippen LogP) is 8.83. The Kier molecular flexibility index (Phi) is 17.5. The Bertz CT molecular complexity index is 1830. The summed E-state index contributed by atoms with van der Waals surface area (Å²) in [6, 6.07) is 22.6. The van der Waals surface area contributed by atoms with E-state index in [2.05, 4.69) is 55.6 Å². The van der Waals surface area contributed by atoms with Gasteiger partial charge in [0, 0.05) is 12.8 Å². The van der Waals surface area contributed by atoms with E-state index in [0.717, 1.165) is 67.4 Å². The second-order valence-electron chi connectivity index (χ2n) is 13.6. The molecule has 0 aliphatic heterocycles. The Morgan fingerprint density at radius 2 is 1.23 bits per heavy atom. The third-order valence-electron chi connectivity index (χ3n) is 9.32. The third kappa shape index (κ3) is 14.8. The Hall–Kier alpha value is -5.13. The number of carbonyl (C=O) groups excluding carboxylic acids is 2. The molecule has 56 heavy (non-hydrogen) atoms. The maximum absolute atomic E-state index is 12.6. The zero-order chi connectivity index (χ0) is 40.3. The standard InChI is InChI=1S/C45H51F3O8/c1-32(30-49)43(51)55-27-25-53-41-20-16-36(17-21-41)35-11-8-34(9-12-35)10-13-37-14-15-40(29-39(37)7-5-3-4-6-24-45(46,47)48)38-18-22-42(23-19-38)54-26-28-56-44(52)33(2)31-50/h8-9,11-12,14-16,18-20,22-23,29,49-50H,1-7,10,13,17,21,24-28,30-31H2. The van der Waals surface area contributed by atoms with Crippen molar-refractivity contribution in [1.82, 2.24) is 0 Å². The average molecular weight is 777 g/mol. The van der Waals surface area contributed by atoms with Crippen LogP contribution in [0.4, 0.5) is 13.2 Å². The lowest BCUT2D eigenvalue weighted by atomic mass is 9.91. The summed E-state index contributed by atoms with van der Waals surface area (Å²) < 4.78 is 59.4. The highest BCUT2D eigenvalue weighted by molar-refractivity contribution is 5.88. The Morgan fingerprint density at radius 3 is 1.84 bits per heavy atom. The lowest BCUT2D eigenvalue weighted by Crippen LogP contribution is -2.14. The van der Waals surface area contributed by atoms with Crippen molar-refractivity contribution in [3.63, 3.8) is 0 Å². The minimum atomic E-state index is -4.12. The van der Waals surface area contributed by atoms with Gasteiger partial charge >= 0.3 is 18.1 Å². The first-order valence-corrected chi connectivity index (χ1v) is 18.9. The van der Waals surface area contributed by atoms with E-state index < -0.39 is 37.7 Å². The molecule has 0 bridgehead atoms. The molecule has 0 fully saturated rings. The van der Waals surface area contributed by atoms with E-state index in [1.807, 2.05) is 36.4 Å². The molecule has 0 radical (unpaired) electrons. The number of alkyl halides is 3. The van der Waals surface area contributed by atoms with Gasteiger partial charge in [0.2, 0.25) is 0 Å². The smallest absolute Gasteiger partial charge is 0.389 e. The number of hydrogen-bond donors (Lipinski definition) is 2. The van der Waals surface area contributed by atoms with Crippen LogP contribution in [-0.2, 0) is 43.1 Å². The van der Waals surface area contributed by atoms with Crippen LogP contribution in [0.2, 0.25) is 0 Å². The molecule has 0 spiro atoms. The van der Waals surface area contributed by atoms with Crippen LogP contribution in [0.25, 0.3) is 16.7 Å². The molecular formula is C45H51F3O8. The topological polar surface area (TPSA) is 112 Å². The molecule has 0 aromatic heterocycles. The van der Waals surface area contributed by atoms with E-state index in [-0.39, 0.29) is 44.0 Å². The van der Waals surface area contributed by atoms with Crippen LogP contribution in [0.3, 0.4) is 0 Å². The van der Waals surface area contributed by atoms with Crippen molar-refractivity contribution in [3.8, 4) is 16.9 Å². The number of esters is 2. The fourth-order valence-corrected chi connectivity index (χ4v) is 6.10. The number of benzene rings is 3. The Labute approximate surface area is 326 Å². The van der Waals surface area contributed by atoms with Crippen molar-refractivity contribution in [2.45, 2.75) is 70.4 Å². The molecule has 8 nitrogen and oxygen atoms in total. The number of hydrogen-bond acceptors (Lipinski definition) is 8. The zero-order valence-electron chi connectivity index (χ0n) is 31.7. The number of aliphatic hydroxyl groups is 2. The average Bonchev–Trinajstić information content (AvgIpc) is 3.21. The van der Waals surface area contributed by atoms with Crippen LogP contribution in [0.1, 0.15) is 67.2 Å². The van der Waals surface area contributed by atoms with E-state index in [1.54, 1.807) is 0 Å². The number of carbonyl (C=O) groups is 2.